The lowest BCUT2D eigenvalue weighted by molar-refractivity contribution is -0.0197. The first-order chi connectivity index (χ1) is 16.8. The fraction of sp³-hybridized carbons (Fsp3) is 0.280. The van der Waals surface area contributed by atoms with Gasteiger partial charge < -0.3 is 50.5 Å². The maximum Gasteiger partial charge on any atom is 0.172 e. The third-order valence-corrected chi connectivity index (χ3v) is 5.52. The molecule has 1 aliphatic heterocycles. The van der Waals surface area contributed by atoms with Gasteiger partial charge in [0.2, 0.25) is 0 Å². The lowest BCUT2D eigenvalue weighted by Gasteiger charge is -2.31. The predicted molar refractivity (Wildman–Crippen MR) is 126 cm³/mol. The maximum atomic E-state index is 10.9. The van der Waals surface area contributed by atoms with Crippen molar-refractivity contribution in [2.45, 2.75) is 44.0 Å². The Bertz CT molecular complexity index is 1100. The van der Waals surface area contributed by atoms with Gasteiger partial charge in [-0.05, 0) is 43.2 Å². The molecule has 8 N–H and O–H groups in total. The molecule has 10 nitrogen and oxygen atoms in total. The number of aryl methyl sites for hydroxylation is 1. The monoisotopic (exact) mass is 487 g/mol. The van der Waals surface area contributed by atoms with E-state index in [1.165, 1.54) is 30.5 Å². The summed E-state index contributed by atoms with van der Waals surface area (Å²) in [5, 5.41) is 72.8. The summed E-state index contributed by atoms with van der Waals surface area (Å²) in [5.41, 5.74) is 1.20. The second kappa shape index (κ2) is 11.5. The van der Waals surface area contributed by atoms with Crippen molar-refractivity contribution in [2.24, 2.45) is 0 Å². The Morgan fingerprint density at radius 2 is 1.91 bits per heavy atom. The van der Waals surface area contributed by atoms with Crippen molar-refractivity contribution >= 4 is 0 Å². The molecule has 4 unspecified atom stereocenters. The Labute approximate surface area is 202 Å². The Hall–Kier alpha value is -3.86. The van der Waals surface area contributed by atoms with Gasteiger partial charge in [-0.1, -0.05) is 6.07 Å². The average molecular weight is 488 g/mol. The number of phenols is 1. The Kier molecular flexibility index (Phi) is 8.48. The molecule has 188 valence electrons. The number of hydrogen-bond donors (Lipinski definition) is 8. The van der Waals surface area contributed by atoms with Gasteiger partial charge in [0.25, 0.3) is 0 Å². The number of phenolic OH excluding ortho intramolecular Hbond substituents is 1. The molecule has 2 aliphatic rings. The highest BCUT2D eigenvalue weighted by atomic mass is 16.5. The van der Waals surface area contributed by atoms with Crippen LogP contribution in [-0.2, 0) is 4.74 Å². The number of benzene rings is 1. The molecule has 0 bridgehead atoms. The molecule has 1 heterocycles. The maximum absolute atomic E-state index is 10.9. The summed E-state index contributed by atoms with van der Waals surface area (Å²) in [6, 6.07) is 3.26. The van der Waals surface area contributed by atoms with E-state index in [0.29, 0.717) is 12.0 Å². The van der Waals surface area contributed by atoms with Crippen LogP contribution in [0.15, 0.2) is 84.4 Å². The first-order valence-corrected chi connectivity index (χ1v) is 10.9. The number of rotatable bonds is 6. The highest BCUT2D eigenvalue weighted by Gasteiger charge is 2.35. The summed E-state index contributed by atoms with van der Waals surface area (Å²) >= 11 is 0. The minimum Gasteiger partial charge on any atom is -0.516 e. The molecular formula is C25H29NO9. The topological polar surface area (TPSA) is 172 Å². The molecule has 1 aliphatic carbocycles. The minimum absolute atomic E-state index is 0.000648. The summed E-state index contributed by atoms with van der Waals surface area (Å²) in [6.07, 6.45) is 6.02. The van der Waals surface area contributed by atoms with Crippen LogP contribution in [0.4, 0.5) is 0 Å². The third kappa shape index (κ3) is 5.99. The third-order valence-electron chi connectivity index (χ3n) is 5.52. The van der Waals surface area contributed by atoms with Crippen LogP contribution >= 0.6 is 0 Å². The van der Waals surface area contributed by atoms with Gasteiger partial charge in [-0.25, -0.2) is 0 Å². The first-order valence-electron chi connectivity index (χ1n) is 10.9. The molecule has 35 heavy (non-hydrogen) atoms. The summed E-state index contributed by atoms with van der Waals surface area (Å²) in [7, 11) is 0. The molecule has 10 heteroatoms. The van der Waals surface area contributed by atoms with E-state index in [-0.39, 0.29) is 40.9 Å². The number of allylic oxidation sites excluding steroid dienone is 4. The van der Waals surface area contributed by atoms with E-state index in [4.69, 9.17) is 14.6 Å². The van der Waals surface area contributed by atoms with Gasteiger partial charge in [-0.2, -0.15) is 0 Å². The Morgan fingerprint density at radius 3 is 2.63 bits per heavy atom. The first kappa shape index (κ1) is 25.8. The smallest absolute Gasteiger partial charge is 0.172 e. The van der Waals surface area contributed by atoms with E-state index in [2.05, 4.69) is 5.32 Å². The number of ether oxygens (including phenoxy) is 2. The van der Waals surface area contributed by atoms with E-state index in [9.17, 15) is 30.6 Å². The van der Waals surface area contributed by atoms with Crippen LogP contribution in [0.5, 0.6) is 11.5 Å². The lowest BCUT2D eigenvalue weighted by atomic mass is 9.93. The van der Waals surface area contributed by atoms with Crippen molar-refractivity contribution in [3.63, 3.8) is 0 Å². The fourth-order valence-corrected chi connectivity index (χ4v) is 3.79. The van der Waals surface area contributed by atoms with Crippen LogP contribution in [0.2, 0.25) is 0 Å². The van der Waals surface area contributed by atoms with Gasteiger partial charge >= 0.3 is 0 Å². The molecule has 1 aromatic rings. The quantitative estimate of drug-likeness (QED) is 0.279. The largest absolute Gasteiger partial charge is 0.516 e. The van der Waals surface area contributed by atoms with Crippen LogP contribution in [0.3, 0.4) is 0 Å². The van der Waals surface area contributed by atoms with E-state index in [1.54, 1.807) is 19.1 Å². The highest BCUT2D eigenvalue weighted by Crippen LogP contribution is 2.39. The number of aromatic hydroxyl groups is 1. The van der Waals surface area contributed by atoms with E-state index in [1.807, 2.05) is 0 Å². The standard InChI is InChI=1S/C25H29NO9/c1-14-11-16(15(5-9-28)3-2-8-27)23(32)21(12-14)35-20-6-10-34-25-19(31)13-18(30)24(33)22(25)26-7-4-17(20)29/h2,4-12,15,18-19,24,26-33H,3,13H2,1H3/b7-4+,8-2+,9-5+,10-6+,20-17-. The number of aliphatic hydroxyl groups excluding tert-OH is 6. The van der Waals surface area contributed by atoms with Gasteiger partial charge in [0.15, 0.2) is 28.8 Å². The van der Waals surface area contributed by atoms with E-state index >= 15 is 0 Å². The molecule has 0 spiro atoms. The van der Waals surface area contributed by atoms with Gasteiger partial charge in [0.05, 0.1) is 30.6 Å². The molecule has 0 saturated heterocycles. The van der Waals surface area contributed by atoms with Gasteiger partial charge in [0.1, 0.15) is 12.2 Å². The van der Waals surface area contributed by atoms with Gasteiger partial charge in [-0.3, -0.25) is 0 Å². The van der Waals surface area contributed by atoms with Gasteiger partial charge in [-0.15, -0.1) is 0 Å². The van der Waals surface area contributed by atoms with Crippen molar-refractivity contribution in [2.75, 3.05) is 0 Å². The summed E-state index contributed by atoms with van der Waals surface area (Å²) in [5.74, 6) is -1.14. The molecule has 3 rings (SSSR count). The number of nitrogens with one attached hydrogen (secondary N) is 1. The van der Waals surface area contributed by atoms with E-state index in [0.717, 1.165) is 24.3 Å². The lowest BCUT2D eigenvalue weighted by Crippen LogP contribution is -2.42. The molecule has 0 aromatic heterocycles. The van der Waals surface area contributed by atoms with Crippen molar-refractivity contribution in [1.82, 2.24) is 5.32 Å². The van der Waals surface area contributed by atoms with Crippen LogP contribution in [0.25, 0.3) is 0 Å². The van der Waals surface area contributed by atoms with Crippen molar-refractivity contribution < 1.29 is 45.2 Å². The normalized spacial score (nSPS) is 27.7. The summed E-state index contributed by atoms with van der Waals surface area (Å²) in [6.45, 7) is 1.78. The number of hydrogen-bond acceptors (Lipinski definition) is 10. The molecular weight excluding hydrogens is 458 g/mol. The molecule has 0 radical (unpaired) electrons. The zero-order chi connectivity index (χ0) is 25.5. The van der Waals surface area contributed by atoms with Crippen molar-refractivity contribution in [3.8, 4) is 11.5 Å². The molecule has 4 atom stereocenters. The molecule has 0 amide bonds. The van der Waals surface area contributed by atoms with Crippen LogP contribution in [0, 0.1) is 6.92 Å². The second-order valence-electron chi connectivity index (χ2n) is 8.06. The molecule has 0 saturated carbocycles. The SMILES string of the molecule is Cc1cc(OC2=C(O)/C=C/NC3=C(O\C=C\2)C(O)CC(O)C3O)c(O)c(C(/C=C/O)C/C=C/O)c1. The minimum atomic E-state index is -1.32. The zero-order valence-electron chi connectivity index (χ0n) is 18.9. The summed E-state index contributed by atoms with van der Waals surface area (Å²) < 4.78 is 11.3. The van der Waals surface area contributed by atoms with E-state index < -0.39 is 24.2 Å². The van der Waals surface area contributed by atoms with Crippen LogP contribution < -0.4 is 10.1 Å². The van der Waals surface area contributed by atoms with Crippen molar-refractivity contribution in [3.05, 3.63) is 95.5 Å². The second-order valence-corrected chi connectivity index (χ2v) is 8.06. The predicted octanol–water partition coefficient (Wildman–Crippen LogP) is 2.81. The van der Waals surface area contributed by atoms with Crippen molar-refractivity contribution in [1.29, 1.82) is 0 Å². The number of aliphatic hydroxyl groups is 6. The Balaban J connectivity index is 1.94. The van der Waals surface area contributed by atoms with Crippen LogP contribution in [-0.4, -0.2) is 54.1 Å². The van der Waals surface area contributed by atoms with Crippen LogP contribution in [0.1, 0.15) is 29.9 Å². The fourth-order valence-electron chi connectivity index (χ4n) is 3.79. The molecule has 1 aromatic carbocycles. The van der Waals surface area contributed by atoms with Gasteiger partial charge in [0, 0.05) is 30.2 Å². The Morgan fingerprint density at radius 1 is 1.14 bits per heavy atom. The summed E-state index contributed by atoms with van der Waals surface area (Å²) in [4.78, 5) is 0. The average Bonchev–Trinajstić information content (AvgIpc) is 2.82. The highest BCUT2D eigenvalue weighted by molar-refractivity contribution is 5.52. The molecule has 0 fully saturated rings. The zero-order valence-corrected chi connectivity index (χ0v) is 18.9.